The topological polar surface area (TPSA) is 47.1 Å². The molecule has 0 bridgehead atoms. The molecule has 0 saturated heterocycles. The molecule has 272 valence electrons. The summed E-state index contributed by atoms with van der Waals surface area (Å²) in [5.74, 6) is -0.0380. The molecule has 0 aliphatic rings. The van der Waals surface area contributed by atoms with Crippen LogP contribution in [0.4, 0.5) is 22.7 Å². The molecule has 6 heteroatoms. The standard InChI is InChI=1S/C25H32N2O.C21H24N2O/c1-5-26(6-2)23-15-9-21(10-16-23)13-19-25(28)20-14-22-11-17-24(18-12-22)27(7-3)8-4;1-22(2)19-11-5-17(6-12-19)9-15-21(24)16-10-18-7-13-20(14-8-18)23(3)4/h9-20H,5-8H2,1-4H3;5-16H,1-4H3. The quantitative estimate of drug-likeness (QED) is 0.109. The minimum Gasteiger partial charge on any atom is -0.378 e. The Morgan fingerprint density at radius 2 is 0.596 bits per heavy atom. The molecule has 0 fully saturated rings. The summed E-state index contributed by atoms with van der Waals surface area (Å²) in [6.07, 6.45) is 13.8. The van der Waals surface area contributed by atoms with E-state index in [1.165, 1.54) is 11.4 Å². The maximum atomic E-state index is 12.1. The molecule has 0 saturated carbocycles. The summed E-state index contributed by atoms with van der Waals surface area (Å²) in [6.45, 7) is 12.6. The fourth-order valence-electron chi connectivity index (χ4n) is 5.36. The van der Waals surface area contributed by atoms with Gasteiger partial charge in [-0.25, -0.2) is 0 Å². The molecule has 0 unspecified atom stereocenters. The van der Waals surface area contributed by atoms with Crippen LogP contribution in [-0.4, -0.2) is 65.9 Å². The number of benzene rings is 4. The third kappa shape index (κ3) is 13.6. The molecule has 0 spiro atoms. The second-order valence-corrected chi connectivity index (χ2v) is 12.6. The van der Waals surface area contributed by atoms with Crippen LogP contribution < -0.4 is 19.6 Å². The zero-order valence-electron chi connectivity index (χ0n) is 32.3. The van der Waals surface area contributed by atoms with Crippen LogP contribution in [0.25, 0.3) is 24.3 Å². The van der Waals surface area contributed by atoms with Crippen LogP contribution >= 0.6 is 0 Å². The van der Waals surface area contributed by atoms with E-state index in [9.17, 15) is 9.59 Å². The van der Waals surface area contributed by atoms with E-state index in [4.69, 9.17) is 0 Å². The molecule has 0 atom stereocenters. The van der Waals surface area contributed by atoms with E-state index in [1.807, 2.05) is 135 Å². The first-order valence-corrected chi connectivity index (χ1v) is 18.1. The molecule has 6 nitrogen and oxygen atoms in total. The predicted molar refractivity (Wildman–Crippen MR) is 228 cm³/mol. The summed E-state index contributed by atoms with van der Waals surface area (Å²) in [6, 6.07) is 32.7. The summed E-state index contributed by atoms with van der Waals surface area (Å²) in [7, 11) is 8.02. The van der Waals surface area contributed by atoms with Crippen molar-refractivity contribution >= 4 is 58.6 Å². The highest BCUT2D eigenvalue weighted by atomic mass is 16.1. The average molecular weight is 697 g/mol. The highest BCUT2D eigenvalue weighted by Gasteiger charge is 2.02. The van der Waals surface area contributed by atoms with Crippen LogP contribution in [0.1, 0.15) is 49.9 Å². The van der Waals surface area contributed by atoms with Crippen LogP contribution in [0, 0.1) is 0 Å². The van der Waals surface area contributed by atoms with E-state index in [0.29, 0.717) is 0 Å². The Bertz CT molecular complexity index is 1640. The van der Waals surface area contributed by atoms with Crippen molar-refractivity contribution in [3.63, 3.8) is 0 Å². The summed E-state index contributed by atoms with van der Waals surface area (Å²) in [5.41, 5.74) is 8.78. The third-order valence-corrected chi connectivity index (χ3v) is 8.62. The van der Waals surface area contributed by atoms with Gasteiger partial charge in [0, 0.05) is 77.1 Å². The summed E-state index contributed by atoms with van der Waals surface area (Å²) in [4.78, 5) is 32.8. The van der Waals surface area contributed by atoms with Gasteiger partial charge in [-0.05, 0) is 123 Å². The van der Waals surface area contributed by atoms with Crippen LogP contribution in [0.3, 0.4) is 0 Å². The lowest BCUT2D eigenvalue weighted by Gasteiger charge is -2.20. The van der Waals surface area contributed by atoms with E-state index < -0.39 is 0 Å². The molecule has 0 N–H and O–H groups in total. The molecule has 0 heterocycles. The molecular weight excluding hydrogens is 641 g/mol. The smallest absolute Gasteiger partial charge is 0.178 e. The molecule has 0 aliphatic heterocycles. The molecule has 4 aromatic rings. The number of nitrogens with zero attached hydrogens (tertiary/aromatic N) is 4. The van der Waals surface area contributed by atoms with Crippen molar-refractivity contribution in [3.8, 4) is 0 Å². The third-order valence-electron chi connectivity index (χ3n) is 8.62. The summed E-state index contributed by atoms with van der Waals surface area (Å²) < 4.78 is 0. The minimum absolute atomic E-state index is 0.0133. The zero-order valence-corrected chi connectivity index (χ0v) is 32.3. The van der Waals surface area contributed by atoms with Gasteiger partial charge in [-0.1, -0.05) is 72.8 Å². The lowest BCUT2D eigenvalue weighted by molar-refractivity contribution is -0.111. The average Bonchev–Trinajstić information content (AvgIpc) is 3.17. The number of rotatable bonds is 16. The van der Waals surface area contributed by atoms with E-state index in [-0.39, 0.29) is 11.6 Å². The van der Waals surface area contributed by atoms with E-state index in [0.717, 1.165) is 59.8 Å². The number of hydrogen-bond donors (Lipinski definition) is 0. The lowest BCUT2D eigenvalue weighted by Crippen LogP contribution is -2.21. The van der Waals surface area contributed by atoms with Gasteiger partial charge in [-0.2, -0.15) is 0 Å². The Labute approximate surface area is 312 Å². The number of ketones is 2. The Morgan fingerprint density at radius 3 is 0.788 bits per heavy atom. The molecule has 0 radical (unpaired) electrons. The van der Waals surface area contributed by atoms with Crippen LogP contribution in [0.5, 0.6) is 0 Å². The van der Waals surface area contributed by atoms with Crippen molar-refractivity contribution in [1.29, 1.82) is 0 Å². The van der Waals surface area contributed by atoms with Gasteiger partial charge in [0.25, 0.3) is 0 Å². The van der Waals surface area contributed by atoms with Crippen molar-refractivity contribution in [2.24, 2.45) is 0 Å². The monoisotopic (exact) mass is 696 g/mol. The Kier molecular flexibility index (Phi) is 16.9. The van der Waals surface area contributed by atoms with Gasteiger partial charge in [0.2, 0.25) is 0 Å². The number of allylic oxidation sites excluding steroid dienone is 4. The van der Waals surface area contributed by atoms with Gasteiger partial charge in [-0.15, -0.1) is 0 Å². The van der Waals surface area contributed by atoms with Gasteiger partial charge >= 0.3 is 0 Å². The number of carbonyl (C=O) groups is 2. The molecule has 0 amide bonds. The molecule has 52 heavy (non-hydrogen) atoms. The molecular formula is C46H56N4O2. The first-order valence-electron chi connectivity index (χ1n) is 18.1. The molecule has 4 rings (SSSR count). The van der Waals surface area contributed by atoms with Gasteiger partial charge in [0.15, 0.2) is 11.6 Å². The van der Waals surface area contributed by atoms with Crippen molar-refractivity contribution in [1.82, 2.24) is 0 Å². The Morgan fingerprint density at radius 1 is 0.385 bits per heavy atom. The van der Waals surface area contributed by atoms with Gasteiger partial charge in [-0.3, -0.25) is 9.59 Å². The van der Waals surface area contributed by atoms with Crippen LogP contribution in [-0.2, 0) is 9.59 Å². The van der Waals surface area contributed by atoms with E-state index in [1.54, 1.807) is 24.3 Å². The van der Waals surface area contributed by atoms with E-state index >= 15 is 0 Å². The second-order valence-electron chi connectivity index (χ2n) is 12.6. The van der Waals surface area contributed by atoms with Crippen molar-refractivity contribution in [2.45, 2.75) is 27.7 Å². The Balaban J connectivity index is 0.000000284. The molecule has 0 aliphatic carbocycles. The zero-order chi connectivity index (χ0) is 37.9. The highest BCUT2D eigenvalue weighted by Crippen LogP contribution is 2.18. The maximum absolute atomic E-state index is 12.1. The minimum atomic E-state index is -0.0247. The first kappa shape index (κ1) is 40.8. The second kappa shape index (κ2) is 21.6. The Hall–Kier alpha value is -5.62. The highest BCUT2D eigenvalue weighted by molar-refractivity contribution is 6.05. The fraction of sp³-hybridized carbons (Fsp3) is 0.261. The van der Waals surface area contributed by atoms with Gasteiger partial charge < -0.3 is 19.6 Å². The number of anilines is 4. The summed E-state index contributed by atoms with van der Waals surface area (Å²) >= 11 is 0. The van der Waals surface area contributed by atoms with E-state index in [2.05, 4.69) is 61.8 Å². The molecule has 0 aromatic heterocycles. The maximum Gasteiger partial charge on any atom is 0.178 e. The van der Waals surface area contributed by atoms with Crippen molar-refractivity contribution in [3.05, 3.63) is 144 Å². The predicted octanol–water partition coefficient (Wildman–Crippen LogP) is 9.79. The van der Waals surface area contributed by atoms with Crippen molar-refractivity contribution < 1.29 is 9.59 Å². The normalized spacial score (nSPS) is 11.2. The van der Waals surface area contributed by atoms with Crippen molar-refractivity contribution in [2.75, 3.05) is 74.0 Å². The molecule has 4 aromatic carbocycles. The van der Waals surface area contributed by atoms with Gasteiger partial charge in [0.05, 0.1) is 0 Å². The van der Waals surface area contributed by atoms with Gasteiger partial charge in [0.1, 0.15) is 0 Å². The largest absolute Gasteiger partial charge is 0.378 e. The number of carbonyl (C=O) groups excluding carboxylic acids is 2. The first-order chi connectivity index (χ1) is 25.1. The number of hydrogen-bond acceptors (Lipinski definition) is 6. The summed E-state index contributed by atoms with van der Waals surface area (Å²) in [5, 5.41) is 0. The van der Waals surface area contributed by atoms with Crippen LogP contribution in [0.15, 0.2) is 121 Å². The SMILES string of the molecule is CCN(CC)c1ccc(C=CC(=O)C=Cc2ccc(N(CC)CC)cc2)cc1.CN(C)c1ccc(C=CC(=O)C=Cc2ccc(N(C)C)cc2)cc1. The van der Waals surface area contributed by atoms with Crippen LogP contribution in [0.2, 0.25) is 0 Å². The lowest BCUT2D eigenvalue weighted by atomic mass is 10.1. The fourth-order valence-corrected chi connectivity index (χ4v) is 5.36.